The van der Waals surface area contributed by atoms with E-state index in [2.05, 4.69) is 6.92 Å². The fourth-order valence-corrected chi connectivity index (χ4v) is 5.10. The Hall–Kier alpha value is -2.68. The number of ether oxygens (including phenoxy) is 2. The number of rotatable bonds is 16. The molecule has 3 rings (SSSR count). The zero-order valence-electron chi connectivity index (χ0n) is 23.7. The summed E-state index contributed by atoms with van der Waals surface area (Å²) in [5, 5.41) is 11.9. The Morgan fingerprint density at radius 1 is 0.821 bits per heavy atom. The molecule has 1 N–H and O–H groups in total. The Bertz CT molecular complexity index is 1200. The molecule has 0 aliphatic heterocycles. The molecular formula is C31H45NO6S. The molecule has 0 saturated carbocycles. The van der Waals surface area contributed by atoms with Crippen molar-refractivity contribution in [3.63, 3.8) is 0 Å². The summed E-state index contributed by atoms with van der Waals surface area (Å²) in [4.78, 5) is 0. The minimum Gasteiger partial charge on any atom is -0.748 e. The lowest BCUT2D eigenvalue weighted by atomic mass is 10.1. The molecule has 0 unspecified atom stereocenters. The average molecular weight is 560 g/mol. The summed E-state index contributed by atoms with van der Waals surface area (Å²) in [6.07, 6.45) is 15.4. The lowest BCUT2D eigenvalue weighted by Crippen LogP contribution is -2.41. The third-order valence-electron chi connectivity index (χ3n) is 6.77. The molecule has 0 fully saturated rings. The van der Waals surface area contributed by atoms with Crippen LogP contribution in [0.4, 0.5) is 0 Å². The highest BCUT2D eigenvalue weighted by molar-refractivity contribution is 7.85. The van der Waals surface area contributed by atoms with Gasteiger partial charge in [-0.25, -0.2) is 8.42 Å². The van der Waals surface area contributed by atoms with Crippen molar-refractivity contribution in [2.75, 3.05) is 26.6 Å². The molecule has 0 aliphatic rings. The topological polar surface area (TPSA) is 99.8 Å². The number of hydrogen-bond donors (Lipinski definition) is 1. The number of benzene rings is 2. The van der Waals surface area contributed by atoms with Crippen LogP contribution in [0.1, 0.15) is 82.7 Å². The summed E-state index contributed by atoms with van der Waals surface area (Å²) in [5.41, 5.74) is 1.07. The van der Waals surface area contributed by atoms with E-state index in [1.165, 1.54) is 44.9 Å². The maximum absolute atomic E-state index is 10.3. The van der Waals surface area contributed by atoms with Crippen LogP contribution in [0.5, 0.6) is 11.5 Å². The fraction of sp³-hybridized carbons (Fsp3) is 0.516. The van der Waals surface area contributed by atoms with Gasteiger partial charge in [0.05, 0.1) is 24.3 Å². The molecule has 0 amide bonds. The maximum atomic E-state index is 10.3. The molecule has 8 heteroatoms. The number of pyridine rings is 1. The second kappa shape index (κ2) is 17.8. The molecule has 1 atom stereocenters. The molecule has 0 saturated heterocycles. The van der Waals surface area contributed by atoms with Crippen molar-refractivity contribution in [2.45, 2.75) is 77.2 Å². The van der Waals surface area contributed by atoms with Gasteiger partial charge in [-0.3, -0.25) is 0 Å². The van der Waals surface area contributed by atoms with Crippen LogP contribution in [-0.2, 0) is 10.1 Å². The highest BCUT2D eigenvalue weighted by atomic mass is 32.2. The van der Waals surface area contributed by atoms with Gasteiger partial charge >= 0.3 is 0 Å². The van der Waals surface area contributed by atoms with Gasteiger partial charge in [-0.05, 0) is 23.9 Å². The molecule has 0 bridgehead atoms. The summed E-state index contributed by atoms with van der Waals surface area (Å²) in [6, 6.07) is 15.8. The van der Waals surface area contributed by atoms with Crippen molar-refractivity contribution < 1.29 is 32.1 Å². The molecular weight excluding hydrogens is 514 g/mol. The van der Waals surface area contributed by atoms with Crippen LogP contribution in [0.15, 0.2) is 60.9 Å². The number of hydrogen-bond acceptors (Lipinski definition) is 6. The number of unbranched alkanes of at least 4 members (excludes halogenated alkanes) is 9. The van der Waals surface area contributed by atoms with Gasteiger partial charge in [0, 0.05) is 22.8 Å². The van der Waals surface area contributed by atoms with E-state index in [0.29, 0.717) is 17.9 Å². The molecule has 216 valence electrons. The minimum absolute atomic E-state index is 0.0352. The van der Waals surface area contributed by atoms with Crippen LogP contribution >= 0.6 is 0 Å². The van der Waals surface area contributed by atoms with Crippen LogP contribution in [-0.4, -0.2) is 44.7 Å². The number of fused-ring (bicyclic) bond motifs is 1. The Morgan fingerprint density at radius 2 is 1.36 bits per heavy atom. The molecule has 7 nitrogen and oxygen atoms in total. The third-order valence-corrected chi connectivity index (χ3v) is 7.56. The Kier molecular flexibility index (Phi) is 14.9. The van der Waals surface area contributed by atoms with Gasteiger partial charge in [0.25, 0.3) is 0 Å². The first kappa shape index (κ1) is 32.5. The van der Waals surface area contributed by atoms with Gasteiger partial charge in [-0.15, -0.1) is 0 Å². The van der Waals surface area contributed by atoms with Gasteiger partial charge in [0.2, 0.25) is 6.04 Å². The Morgan fingerprint density at radius 3 is 1.87 bits per heavy atom. The van der Waals surface area contributed by atoms with E-state index in [9.17, 15) is 18.1 Å². The number of aliphatic hydroxyl groups is 1. The van der Waals surface area contributed by atoms with E-state index in [-0.39, 0.29) is 18.4 Å². The lowest BCUT2D eigenvalue weighted by molar-refractivity contribution is -0.714. The van der Waals surface area contributed by atoms with Crippen molar-refractivity contribution >= 4 is 20.9 Å². The molecule has 1 heterocycles. The van der Waals surface area contributed by atoms with Crippen molar-refractivity contribution in [1.29, 1.82) is 0 Å². The van der Waals surface area contributed by atoms with Crippen molar-refractivity contribution in [1.82, 2.24) is 0 Å². The van der Waals surface area contributed by atoms with Crippen molar-refractivity contribution in [2.24, 2.45) is 0 Å². The van der Waals surface area contributed by atoms with Crippen LogP contribution in [0.25, 0.3) is 10.8 Å². The maximum Gasteiger partial charge on any atom is 0.206 e. The van der Waals surface area contributed by atoms with E-state index in [0.717, 1.165) is 29.2 Å². The van der Waals surface area contributed by atoms with Crippen LogP contribution in [0.2, 0.25) is 0 Å². The Labute approximate surface area is 234 Å². The summed E-state index contributed by atoms with van der Waals surface area (Å²) in [5.74, 6) is 1.21. The SMILES string of the molecule is CCCCCCCCCCCCS(=O)(=O)[O-].COc1cc2cc[n+]([C@@H](CO)c3ccccc3)cc2cc1OC. The third kappa shape index (κ3) is 11.9. The van der Waals surface area contributed by atoms with Gasteiger partial charge in [-0.1, -0.05) is 95.0 Å². The lowest BCUT2D eigenvalue weighted by Gasteiger charge is -2.12. The van der Waals surface area contributed by atoms with Gasteiger partial charge in [0.15, 0.2) is 23.9 Å². The monoisotopic (exact) mass is 559 g/mol. The van der Waals surface area contributed by atoms with E-state index < -0.39 is 10.1 Å². The van der Waals surface area contributed by atoms with E-state index in [1.807, 2.05) is 65.5 Å². The summed E-state index contributed by atoms with van der Waals surface area (Å²) < 4.78 is 43.7. The normalized spacial score (nSPS) is 12.0. The van der Waals surface area contributed by atoms with E-state index in [4.69, 9.17) is 9.47 Å². The number of nitrogens with zero attached hydrogens (tertiary/aromatic N) is 1. The van der Waals surface area contributed by atoms with E-state index in [1.54, 1.807) is 14.2 Å². The summed E-state index contributed by atoms with van der Waals surface area (Å²) >= 11 is 0. The Balaban J connectivity index is 0.000000295. The predicted octanol–water partition coefficient (Wildman–Crippen LogP) is 6.18. The molecule has 0 aliphatic carbocycles. The molecule has 2 aromatic carbocycles. The molecule has 0 radical (unpaired) electrons. The smallest absolute Gasteiger partial charge is 0.206 e. The second-order valence-corrected chi connectivity index (χ2v) is 11.3. The highest BCUT2D eigenvalue weighted by Gasteiger charge is 2.20. The molecule has 0 spiro atoms. The van der Waals surface area contributed by atoms with Crippen LogP contribution in [0, 0.1) is 0 Å². The first-order valence-electron chi connectivity index (χ1n) is 14.0. The van der Waals surface area contributed by atoms with Crippen LogP contribution < -0.4 is 14.0 Å². The molecule has 3 aromatic rings. The van der Waals surface area contributed by atoms with Gasteiger partial charge in [0.1, 0.15) is 6.61 Å². The van der Waals surface area contributed by atoms with E-state index >= 15 is 0 Å². The predicted molar refractivity (Wildman–Crippen MR) is 155 cm³/mol. The number of aromatic nitrogens is 1. The zero-order chi connectivity index (χ0) is 28.5. The van der Waals surface area contributed by atoms with Crippen LogP contribution in [0.3, 0.4) is 0 Å². The largest absolute Gasteiger partial charge is 0.748 e. The zero-order valence-corrected chi connectivity index (χ0v) is 24.5. The second-order valence-electron chi connectivity index (χ2n) is 9.78. The first-order chi connectivity index (χ1) is 18.8. The number of aliphatic hydroxyl groups excluding tert-OH is 1. The minimum atomic E-state index is -3.98. The van der Waals surface area contributed by atoms with Crippen molar-refractivity contribution in [3.8, 4) is 11.5 Å². The molecule has 1 aromatic heterocycles. The highest BCUT2D eigenvalue weighted by Crippen LogP contribution is 2.31. The van der Waals surface area contributed by atoms with Gasteiger partial charge < -0.3 is 19.1 Å². The standard InChI is InChI=1S/C19H20NO3.C12H26O3S/c1-22-18-10-15-8-9-20(12-16(15)11-19(18)23-2)17(13-21)14-6-4-3-5-7-14;1-2-3-4-5-6-7-8-9-10-11-12-16(13,14)15/h3-12,17,21H,13H2,1-2H3;2-12H2,1H3,(H,13,14,15)/q+1;/p-1/t17-;/m0./s1. The summed E-state index contributed by atoms with van der Waals surface area (Å²) in [6.45, 7) is 2.25. The van der Waals surface area contributed by atoms with Crippen molar-refractivity contribution in [3.05, 3.63) is 66.5 Å². The quantitative estimate of drug-likeness (QED) is 0.128. The molecule has 39 heavy (non-hydrogen) atoms. The fourth-order valence-electron chi connectivity index (χ4n) is 4.54. The van der Waals surface area contributed by atoms with Gasteiger partial charge in [-0.2, -0.15) is 4.57 Å². The first-order valence-corrected chi connectivity index (χ1v) is 15.6. The number of methoxy groups -OCH3 is 2. The summed E-state index contributed by atoms with van der Waals surface area (Å²) in [7, 11) is -0.727. The average Bonchev–Trinajstić information content (AvgIpc) is 2.94.